The molecule has 0 spiro atoms. The van der Waals surface area contributed by atoms with E-state index in [1.54, 1.807) is 45.0 Å². The van der Waals surface area contributed by atoms with Gasteiger partial charge in [0.1, 0.15) is 12.1 Å². The van der Waals surface area contributed by atoms with Gasteiger partial charge in [0.05, 0.1) is 0 Å². The molecule has 7 nitrogen and oxygen atoms in total. The van der Waals surface area contributed by atoms with Crippen LogP contribution in [0.15, 0.2) is 48.5 Å². The van der Waals surface area contributed by atoms with E-state index in [2.05, 4.69) is 16.0 Å². The topological polar surface area (TPSA) is 96.5 Å². The average molecular weight is 397 g/mol. The molecule has 2 rings (SSSR count). The number of carbonyl (C=O) groups excluding carboxylic acids is 3. The molecule has 0 fully saturated rings. The third-order valence-corrected chi connectivity index (χ3v) is 3.84. The number of amides is 3. The van der Waals surface area contributed by atoms with Gasteiger partial charge in [-0.2, -0.15) is 0 Å². The number of carbonyl (C=O) groups is 3. The van der Waals surface area contributed by atoms with Gasteiger partial charge in [0.2, 0.25) is 5.91 Å². The summed E-state index contributed by atoms with van der Waals surface area (Å²) in [5.74, 6) is -0.592. The van der Waals surface area contributed by atoms with Crippen molar-refractivity contribution in [2.45, 2.75) is 39.8 Å². The molecule has 0 aromatic heterocycles. The van der Waals surface area contributed by atoms with E-state index in [9.17, 15) is 14.4 Å². The van der Waals surface area contributed by atoms with E-state index in [0.717, 1.165) is 11.1 Å². The maximum Gasteiger partial charge on any atom is 0.408 e. The van der Waals surface area contributed by atoms with Gasteiger partial charge in [-0.15, -0.1) is 0 Å². The lowest BCUT2D eigenvalue weighted by molar-refractivity contribution is -0.115. The highest BCUT2D eigenvalue weighted by molar-refractivity contribution is 5.95. The van der Waals surface area contributed by atoms with Gasteiger partial charge in [0.15, 0.2) is 0 Å². The Labute approximate surface area is 170 Å². The number of alkyl carbamates (subject to hydrolysis) is 1. The minimum Gasteiger partial charge on any atom is -0.444 e. The average Bonchev–Trinajstić information content (AvgIpc) is 2.64. The van der Waals surface area contributed by atoms with E-state index < -0.39 is 17.6 Å². The number of benzene rings is 2. The van der Waals surface area contributed by atoms with Crippen molar-refractivity contribution in [3.8, 4) is 0 Å². The maximum atomic E-state index is 12.3. The molecule has 0 bridgehead atoms. The number of nitrogens with one attached hydrogen (secondary N) is 3. The normalized spacial score (nSPS) is 10.8. The van der Waals surface area contributed by atoms with Crippen molar-refractivity contribution in [2.75, 3.05) is 11.9 Å². The Morgan fingerprint density at radius 1 is 0.931 bits per heavy atom. The summed E-state index contributed by atoms with van der Waals surface area (Å²) >= 11 is 0. The lowest BCUT2D eigenvalue weighted by Crippen LogP contribution is -2.37. The molecule has 0 aliphatic carbocycles. The van der Waals surface area contributed by atoms with E-state index in [1.807, 2.05) is 31.2 Å². The molecule has 0 heterocycles. The van der Waals surface area contributed by atoms with E-state index >= 15 is 0 Å². The summed E-state index contributed by atoms with van der Waals surface area (Å²) in [6, 6.07) is 14.4. The van der Waals surface area contributed by atoms with Crippen molar-refractivity contribution < 1.29 is 19.1 Å². The van der Waals surface area contributed by atoms with Crippen LogP contribution in [0, 0.1) is 6.92 Å². The van der Waals surface area contributed by atoms with Crippen LogP contribution in [0.5, 0.6) is 0 Å². The smallest absolute Gasteiger partial charge is 0.408 e. The van der Waals surface area contributed by atoms with Gasteiger partial charge in [-0.1, -0.05) is 35.9 Å². The summed E-state index contributed by atoms with van der Waals surface area (Å²) in [5, 5.41) is 8.00. The zero-order valence-corrected chi connectivity index (χ0v) is 17.2. The maximum absolute atomic E-state index is 12.3. The van der Waals surface area contributed by atoms with Crippen LogP contribution >= 0.6 is 0 Å². The van der Waals surface area contributed by atoms with Crippen LogP contribution in [0.4, 0.5) is 10.5 Å². The Balaban J connectivity index is 1.91. The Bertz CT molecular complexity index is 870. The molecule has 0 saturated heterocycles. The fraction of sp³-hybridized carbons (Fsp3) is 0.318. The standard InChI is InChI=1S/C22H27N3O4/c1-15-9-11-16(12-10-15)20(27)23-13-17-7-5-6-8-18(17)25-19(26)14-24-21(28)29-22(2,3)4/h5-12H,13-14H2,1-4H3,(H,23,27)(H,24,28)(H,25,26). The van der Waals surface area contributed by atoms with Gasteiger partial charge in [-0.05, 0) is 51.5 Å². The van der Waals surface area contributed by atoms with Gasteiger partial charge in [0.25, 0.3) is 5.91 Å². The van der Waals surface area contributed by atoms with E-state index in [-0.39, 0.29) is 19.0 Å². The highest BCUT2D eigenvalue weighted by Crippen LogP contribution is 2.15. The van der Waals surface area contributed by atoms with Gasteiger partial charge < -0.3 is 20.7 Å². The Morgan fingerprint density at radius 3 is 2.24 bits per heavy atom. The van der Waals surface area contributed by atoms with Crippen molar-refractivity contribution in [2.24, 2.45) is 0 Å². The summed E-state index contributed by atoms with van der Waals surface area (Å²) in [6.45, 7) is 7.22. The van der Waals surface area contributed by atoms with Crippen LogP contribution in [-0.2, 0) is 16.1 Å². The van der Waals surface area contributed by atoms with Crippen LogP contribution in [0.25, 0.3) is 0 Å². The first-order valence-corrected chi connectivity index (χ1v) is 9.33. The molecule has 29 heavy (non-hydrogen) atoms. The summed E-state index contributed by atoms with van der Waals surface area (Å²) in [4.78, 5) is 36.1. The molecule has 0 atom stereocenters. The third kappa shape index (κ3) is 7.65. The first-order chi connectivity index (χ1) is 13.6. The van der Waals surface area contributed by atoms with Crippen molar-refractivity contribution in [3.05, 3.63) is 65.2 Å². The number of aryl methyl sites for hydroxylation is 1. The van der Waals surface area contributed by atoms with Crippen LogP contribution in [0.3, 0.4) is 0 Å². The monoisotopic (exact) mass is 397 g/mol. The first-order valence-electron chi connectivity index (χ1n) is 9.33. The molecule has 0 saturated carbocycles. The van der Waals surface area contributed by atoms with Crippen molar-refractivity contribution in [1.29, 1.82) is 0 Å². The lowest BCUT2D eigenvalue weighted by Gasteiger charge is -2.19. The molecule has 2 aromatic rings. The summed E-state index contributed by atoms with van der Waals surface area (Å²) in [7, 11) is 0. The Kier molecular flexibility index (Phi) is 7.36. The number of ether oxygens (including phenoxy) is 1. The fourth-order valence-corrected chi connectivity index (χ4v) is 2.44. The number of hydrogen-bond donors (Lipinski definition) is 3. The molecule has 0 aliphatic heterocycles. The Hall–Kier alpha value is -3.35. The summed E-state index contributed by atoms with van der Waals surface area (Å²) in [5.41, 5.74) is 2.32. The molecular formula is C22H27N3O4. The minimum atomic E-state index is -0.661. The minimum absolute atomic E-state index is 0.197. The zero-order valence-electron chi connectivity index (χ0n) is 17.2. The summed E-state index contributed by atoms with van der Waals surface area (Å²) < 4.78 is 5.10. The molecule has 0 unspecified atom stereocenters. The Morgan fingerprint density at radius 2 is 1.59 bits per heavy atom. The first kappa shape index (κ1) is 21.9. The second kappa shape index (κ2) is 9.73. The van der Waals surface area contributed by atoms with E-state index in [0.29, 0.717) is 11.3 Å². The van der Waals surface area contributed by atoms with E-state index in [1.165, 1.54) is 0 Å². The largest absolute Gasteiger partial charge is 0.444 e. The van der Waals surface area contributed by atoms with Crippen molar-refractivity contribution in [1.82, 2.24) is 10.6 Å². The van der Waals surface area contributed by atoms with Crippen LogP contribution in [0.2, 0.25) is 0 Å². The van der Waals surface area contributed by atoms with Gasteiger partial charge in [0, 0.05) is 17.8 Å². The highest BCUT2D eigenvalue weighted by atomic mass is 16.6. The van der Waals surface area contributed by atoms with Gasteiger partial charge in [-0.3, -0.25) is 9.59 Å². The van der Waals surface area contributed by atoms with Crippen molar-refractivity contribution in [3.63, 3.8) is 0 Å². The molecular weight excluding hydrogens is 370 g/mol. The third-order valence-electron chi connectivity index (χ3n) is 3.84. The van der Waals surface area contributed by atoms with Crippen LogP contribution in [-0.4, -0.2) is 30.1 Å². The van der Waals surface area contributed by atoms with E-state index in [4.69, 9.17) is 4.74 Å². The van der Waals surface area contributed by atoms with Gasteiger partial charge >= 0.3 is 6.09 Å². The highest BCUT2D eigenvalue weighted by Gasteiger charge is 2.17. The number of para-hydroxylation sites is 1. The molecule has 2 aromatic carbocycles. The molecule has 7 heteroatoms. The molecule has 3 amide bonds. The van der Waals surface area contributed by atoms with Gasteiger partial charge in [-0.25, -0.2) is 4.79 Å². The second-order valence-electron chi connectivity index (χ2n) is 7.61. The van der Waals surface area contributed by atoms with Crippen LogP contribution < -0.4 is 16.0 Å². The number of anilines is 1. The fourth-order valence-electron chi connectivity index (χ4n) is 2.44. The quantitative estimate of drug-likeness (QED) is 0.696. The predicted molar refractivity (Wildman–Crippen MR) is 112 cm³/mol. The number of rotatable bonds is 6. The lowest BCUT2D eigenvalue weighted by atomic mass is 10.1. The predicted octanol–water partition coefficient (Wildman–Crippen LogP) is 3.39. The molecule has 0 aliphatic rings. The molecule has 3 N–H and O–H groups in total. The second-order valence-corrected chi connectivity index (χ2v) is 7.61. The molecule has 0 radical (unpaired) electrons. The molecule has 154 valence electrons. The van der Waals surface area contributed by atoms with Crippen molar-refractivity contribution >= 4 is 23.6 Å². The number of hydrogen-bond acceptors (Lipinski definition) is 4. The van der Waals surface area contributed by atoms with Crippen LogP contribution in [0.1, 0.15) is 42.3 Å². The summed E-state index contributed by atoms with van der Waals surface area (Å²) in [6.07, 6.45) is -0.661. The SMILES string of the molecule is Cc1ccc(C(=O)NCc2ccccc2NC(=O)CNC(=O)OC(C)(C)C)cc1. The zero-order chi connectivity index (χ0) is 21.4.